The first-order valence-electron chi connectivity index (χ1n) is 7.44. The number of hydrogen-bond donors (Lipinski definition) is 0. The lowest BCUT2D eigenvalue weighted by molar-refractivity contribution is 0.0781. The Bertz CT molecular complexity index is 867. The third-order valence-corrected chi connectivity index (χ3v) is 3.73. The maximum absolute atomic E-state index is 13.0. The zero-order valence-electron chi connectivity index (χ0n) is 13.7. The molecule has 0 aliphatic rings. The minimum atomic E-state index is -0.317. The molecule has 24 heavy (non-hydrogen) atoms. The number of aromatic nitrogens is 3. The molecule has 2 heterocycles. The number of carbonyl (C=O) groups is 1. The Morgan fingerprint density at radius 2 is 2.00 bits per heavy atom. The van der Waals surface area contributed by atoms with Gasteiger partial charge < -0.3 is 9.42 Å². The van der Waals surface area contributed by atoms with Crippen LogP contribution in [0.25, 0.3) is 5.69 Å². The number of amides is 1. The highest BCUT2D eigenvalue weighted by Gasteiger charge is 2.19. The molecule has 124 valence electrons. The summed E-state index contributed by atoms with van der Waals surface area (Å²) in [6, 6.07) is 7.74. The van der Waals surface area contributed by atoms with Gasteiger partial charge in [-0.3, -0.25) is 4.79 Å². The summed E-state index contributed by atoms with van der Waals surface area (Å²) in [5.74, 6) is 0.218. The summed E-state index contributed by atoms with van der Waals surface area (Å²) in [6.07, 6.45) is 1.52. The maximum Gasteiger partial charge on any atom is 0.257 e. The van der Waals surface area contributed by atoms with Gasteiger partial charge in [-0.2, -0.15) is 5.10 Å². The molecule has 3 rings (SSSR count). The van der Waals surface area contributed by atoms with Gasteiger partial charge in [0.15, 0.2) is 0 Å². The third kappa shape index (κ3) is 3.05. The van der Waals surface area contributed by atoms with Crippen LogP contribution >= 0.6 is 0 Å². The van der Waals surface area contributed by atoms with Gasteiger partial charge in [0.25, 0.3) is 5.91 Å². The number of rotatable bonds is 4. The standard InChI is InChI=1S/C17H17FN4O2/c1-11-8-14(20-24-11)10-21(3)17(23)16-9-19-22(12(16)2)15-6-4-13(18)5-7-15/h4-9H,10H2,1-3H3. The fraction of sp³-hybridized carbons (Fsp3) is 0.235. The molecule has 2 aromatic heterocycles. The highest BCUT2D eigenvalue weighted by molar-refractivity contribution is 5.95. The van der Waals surface area contributed by atoms with Crippen LogP contribution in [0.15, 0.2) is 41.1 Å². The zero-order valence-corrected chi connectivity index (χ0v) is 13.7. The summed E-state index contributed by atoms with van der Waals surface area (Å²) in [6.45, 7) is 3.95. The van der Waals surface area contributed by atoms with Crippen molar-refractivity contribution in [1.29, 1.82) is 0 Å². The smallest absolute Gasteiger partial charge is 0.257 e. The summed E-state index contributed by atoms with van der Waals surface area (Å²) in [5, 5.41) is 8.13. The van der Waals surface area contributed by atoms with Crippen LogP contribution in [0, 0.1) is 19.7 Å². The average Bonchev–Trinajstić information content (AvgIpc) is 3.13. The van der Waals surface area contributed by atoms with Gasteiger partial charge in [-0.05, 0) is 38.1 Å². The Labute approximate surface area is 138 Å². The molecule has 0 aliphatic heterocycles. The molecular formula is C17H17FN4O2. The van der Waals surface area contributed by atoms with Crippen molar-refractivity contribution in [2.45, 2.75) is 20.4 Å². The Hall–Kier alpha value is -2.96. The molecule has 0 fully saturated rings. The van der Waals surface area contributed by atoms with Crippen LogP contribution in [0.3, 0.4) is 0 Å². The monoisotopic (exact) mass is 328 g/mol. The van der Waals surface area contributed by atoms with E-state index in [1.165, 1.54) is 18.3 Å². The fourth-order valence-electron chi connectivity index (χ4n) is 2.48. The van der Waals surface area contributed by atoms with E-state index in [1.54, 1.807) is 48.7 Å². The predicted molar refractivity (Wildman–Crippen MR) is 85.3 cm³/mol. The molecule has 0 aliphatic carbocycles. The molecular weight excluding hydrogens is 311 g/mol. The number of halogens is 1. The predicted octanol–water partition coefficient (Wildman–Crippen LogP) is 2.89. The van der Waals surface area contributed by atoms with Crippen LogP contribution in [0.1, 0.15) is 27.5 Å². The van der Waals surface area contributed by atoms with Gasteiger partial charge in [0.05, 0.1) is 29.7 Å². The van der Waals surface area contributed by atoms with Crippen molar-refractivity contribution < 1.29 is 13.7 Å². The quantitative estimate of drug-likeness (QED) is 0.739. The number of nitrogens with zero attached hydrogens (tertiary/aromatic N) is 4. The largest absolute Gasteiger partial charge is 0.361 e. The third-order valence-electron chi connectivity index (χ3n) is 3.73. The summed E-state index contributed by atoms with van der Waals surface area (Å²) >= 11 is 0. The van der Waals surface area contributed by atoms with Crippen LogP contribution in [0.4, 0.5) is 4.39 Å². The van der Waals surface area contributed by atoms with E-state index in [0.717, 1.165) is 0 Å². The summed E-state index contributed by atoms with van der Waals surface area (Å²) in [4.78, 5) is 14.2. The average molecular weight is 328 g/mol. The first kappa shape index (κ1) is 15.9. The first-order chi connectivity index (χ1) is 11.5. The van der Waals surface area contributed by atoms with Gasteiger partial charge in [-0.15, -0.1) is 0 Å². The molecule has 3 aromatic rings. The van der Waals surface area contributed by atoms with Gasteiger partial charge in [0.2, 0.25) is 0 Å². The molecule has 0 radical (unpaired) electrons. The van der Waals surface area contributed by atoms with Crippen LogP contribution in [0.5, 0.6) is 0 Å². The minimum absolute atomic E-state index is 0.165. The van der Waals surface area contributed by atoms with Crippen molar-refractivity contribution in [3.63, 3.8) is 0 Å². The van der Waals surface area contributed by atoms with Gasteiger partial charge >= 0.3 is 0 Å². The molecule has 1 amide bonds. The number of carbonyl (C=O) groups excluding carboxylic acids is 1. The summed E-state index contributed by atoms with van der Waals surface area (Å²) < 4.78 is 19.7. The lowest BCUT2D eigenvalue weighted by atomic mass is 10.2. The van der Waals surface area contributed by atoms with Crippen LogP contribution < -0.4 is 0 Å². The molecule has 7 heteroatoms. The van der Waals surface area contributed by atoms with Gasteiger partial charge in [0, 0.05) is 13.1 Å². The SMILES string of the molecule is Cc1cc(CN(C)C(=O)c2cnn(-c3ccc(F)cc3)c2C)no1. The van der Waals surface area contributed by atoms with E-state index in [9.17, 15) is 9.18 Å². The molecule has 0 saturated heterocycles. The van der Waals surface area contributed by atoms with E-state index >= 15 is 0 Å². The summed E-state index contributed by atoms with van der Waals surface area (Å²) in [7, 11) is 1.70. The normalized spacial score (nSPS) is 10.8. The van der Waals surface area contributed by atoms with E-state index in [2.05, 4.69) is 10.3 Å². The van der Waals surface area contributed by atoms with Crippen LogP contribution in [-0.4, -0.2) is 32.8 Å². The van der Waals surface area contributed by atoms with Gasteiger partial charge in [-0.25, -0.2) is 9.07 Å². The topological polar surface area (TPSA) is 64.2 Å². The minimum Gasteiger partial charge on any atom is -0.361 e. The Kier molecular flexibility index (Phi) is 4.16. The maximum atomic E-state index is 13.0. The second kappa shape index (κ2) is 6.27. The van der Waals surface area contributed by atoms with Crippen molar-refractivity contribution >= 4 is 5.91 Å². The first-order valence-corrected chi connectivity index (χ1v) is 7.44. The highest BCUT2D eigenvalue weighted by Crippen LogP contribution is 2.17. The van der Waals surface area contributed by atoms with E-state index in [-0.39, 0.29) is 11.7 Å². The van der Waals surface area contributed by atoms with E-state index in [4.69, 9.17) is 4.52 Å². The molecule has 0 unspecified atom stereocenters. The zero-order chi connectivity index (χ0) is 17.3. The van der Waals surface area contributed by atoms with Crippen LogP contribution in [-0.2, 0) is 6.54 Å². The van der Waals surface area contributed by atoms with E-state index < -0.39 is 0 Å². The Balaban J connectivity index is 1.81. The van der Waals surface area contributed by atoms with Crippen molar-refractivity contribution in [3.8, 4) is 5.69 Å². The second-order valence-corrected chi connectivity index (χ2v) is 5.62. The molecule has 0 N–H and O–H groups in total. The van der Waals surface area contributed by atoms with Gasteiger partial charge in [-0.1, -0.05) is 5.16 Å². The lowest BCUT2D eigenvalue weighted by Gasteiger charge is -2.15. The Morgan fingerprint density at radius 3 is 2.62 bits per heavy atom. The lowest BCUT2D eigenvalue weighted by Crippen LogP contribution is -2.26. The van der Waals surface area contributed by atoms with Crippen LogP contribution in [0.2, 0.25) is 0 Å². The van der Waals surface area contributed by atoms with Crippen molar-refractivity contribution in [1.82, 2.24) is 19.8 Å². The second-order valence-electron chi connectivity index (χ2n) is 5.62. The van der Waals surface area contributed by atoms with Crippen molar-refractivity contribution in [2.24, 2.45) is 0 Å². The molecule has 0 bridgehead atoms. The molecule has 1 aromatic carbocycles. The fourth-order valence-corrected chi connectivity index (χ4v) is 2.48. The van der Waals surface area contributed by atoms with Crippen molar-refractivity contribution in [3.05, 3.63) is 65.1 Å². The highest BCUT2D eigenvalue weighted by atomic mass is 19.1. The number of benzene rings is 1. The van der Waals surface area contributed by atoms with Crippen molar-refractivity contribution in [2.75, 3.05) is 7.05 Å². The van der Waals surface area contributed by atoms with E-state index in [0.29, 0.717) is 34.9 Å². The molecule has 0 spiro atoms. The molecule has 6 nitrogen and oxygen atoms in total. The number of hydrogen-bond acceptors (Lipinski definition) is 4. The molecule has 0 saturated carbocycles. The Morgan fingerprint density at radius 1 is 1.29 bits per heavy atom. The molecule has 0 atom stereocenters. The summed E-state index contributed by atoms with van der Waals surface area (Å²) in [5.41, 5.74) is 2.56. The van der Waals surface area contributed by atoms with E-state index in [1.807, 2.05) is 0 Å². The van der Waals surface area contributed by atoms with Gasteiger partial charge in [0.1, 0.15) is 17.3 Å². The number of aryl methyl sites for hydroxylation is 1.